The molecule has 1 saturated heterocycles. The van der Waals surface area contributed by atoms with Crippen LogP contribution in [0.5, 0.6) is 0 Å². The molecular weight excluding hydrogens is 374 g/mol. The largest absolute Gasteiger partial charge is 0.346 e. The lowest BCUT2D eigenvalue weighted by molar-refractivity contribution is 0.163. The van der Waals surface area contributed by atoms with Gasteiger partial charge in [-0.1, -0.05) is 0 Å². The van der Waals surface area contributed by atoms with Crippen molar-refractivity contribution in [2.24, 2.45) is 0 Å². The summed E-state index contributed by atoms with van der Waals surface area (Å²) in [6, 6.07) is 0. The molecule has 0 N–H and O–H groups in total. The number of nitrogens with zero attached hydrogens (tertiary/aromatic N) is 2. The van der Waals surface area contributed by atoms with Crippen LogP contribution in [0.15, 0.2) is 0 Å². The Morgan fingerprint density at radius 1 is 1.32 bits per heavy atom. The summed E-state index contributed by atoms with van der Waals surface area (Å²) in [6.07, 6.45) is 2.22. The van der Waals surface area contributed by atoms with Gasteiger partial charge in [-0.05, 0) is 12.8 Å². The Kier molecular flexibility index (Phi) is 9.19. The molecule has 0 amide bonds. The third kappa shape index (κ3) is 6.61. The molecule has 1 atom stereocenters. The van der Waals surface area contributed by atoms with Crippen molar-refractivity contribution >= 4 is 41.0 Å². The number of rotatable bonds is 10. The molecule has 0 saturated carbocycles. The van der Waals surface area contributed by atoms with Crippen LogP contribution in [-0.2, 0) is 23.4 Å². The second-order valence-electron chi connectivity index (χ2n) is 4.84. The predicted octanol–water partition coefficient (Wildman–Crippen LogP) is 1.96. The van der Waals surface area contributed by atoms with E-state index in [1.165, 1.54) is 0 Å². The van der Waals surface area contributed by atoms with Gasteiger partial charge in [0, 0.05) is 37.9 Å². The van der Waals surface area contributed by atoms with Crippen molar-refractivity contribution < 1.29 is 21.7 Å². The zero-order chi connectivity index (χ0) is 16.6. The van der Waals surface area contributed by atoms with Crippen molar-refractivity contribution in [3.05, 3.63) is 0 Å². The van der Waals surface area contributed by atoms with Crippen LogP contribution in [0.2, 0.25) is 0 Å². The van der Waals surface area contributed by atoms with Gasteiger partial charge in [-0.15, -0.1) is 23.2 Å². The van der Waals surface area contributed by atoms with Crippen molar-refractivity contribution in [2.45, 2.75) is 12.8 Å². The highest BCUT2D eigenvalue weighted by Crippen LogP contribution is 2.56. The molecule has 0 aliphatic carbocycles. The van der Waals surface area contributed by atoms with E-state index in [9.17, 15) is 13.0 Å². The molecule has 0 bridgehead atoms. The van der Waals surface area contributed by atoms with Gasteiger partial charge in [-0.25, -0.2) is 9.34 Å². The maximum atomic E-state index is 13.2. The van der Waals surface area contributed by atoms with Crippen molar-refractivity contribution in [1.29, 1.82) is 0 Å². The average Bonchev–Trinajstić information content (AvgIpc) is 2.44. The summed E-state index contributed by atoms with van der Waals surface area (Å²) in [5.74, 6) is 0.657. The van der Waals surface area contributed by atoms with Crippen LogP contribution in [0.3, 0.4) is 0 Å². The third-order valence-corrected chi connectivity index (χ3v) is 6.76. The van der Waals surface area contributed by atoms with Crippen LogP contribution in [0.25, 0.3) is 0 Å². The molecule has 1 unspecified atom stereocenters. The first-order chi connectivity index (χ1) is 10.3. The number of hydrogen-bond acceptors (Lipinski definition) is 5. The van der Waals surface area contributed by atoms with Gasteiger partial charge in [0.15, 0.2) is 0 Å². The minimum absolute atomic E-state index is 0.0559. The first-order valence-electron chi connectivity index (χ1n) is 7.05. The molecule has 0 aromatic rings. The Morgan fingerprint density at radius 2 is 1.95 bits per heavy atom. The topological polar surface area (TPSA) is 76.1 Å². The van der Waals surface area contributed by atoms with E-state index in [-0.39, 0.29) is 6.61 Å². The zero-order valence-electron chi connectivity index (χ0n) is 12.6. The van der Waals surface area contributed by atoms with Crippen LogP contribution in [0.1, 0.15) is 12.8 Å². The summed E-state index contributed by atoms with van der Waals surface area (Å²) in [7, 11) is -6.61. The molecule has 0 aromatic heterocycles. The smallest absolute Gasteiger partial charge is 0.306 e. The fourth-order valence-electron chi connectivity index (χ4n) is 2.15. The fraction of sp³-hybridized carbons (Fsp3) is 1.00. The maximum absolute atomic E-state index is 13.2. The van der Waals surface area contributed by atoms with Crippen LogP contribution >= 0.6 is 30.9 Å². The molecule has 1 heterocycles. The van der Waals surface area contributed by atoms with E-state index < -0.39 is 17.8 Å². The van der Waals surface area contributed by atoms with Crippen LogP contribution in [-0.4, -0.2) is 75.2 Å². The van der Waals surface area contributed by atoms with Gasteiger partial charge in [0.25, 0.3) is 10.1 Å². The summed E-state index contributed by atoms with van der Waals surface area (Å²) >= 11 is 11.5. The van der Waals surface area contributed by atoms with Crippen molar-refractivity contribution in [2.75, 3.05) is 57.4 Å². The molecule has 0 spiro atoms. The minimum Gasteiger partial charge on any atom is -0.306 e. The van der Waals surface area contributed by atoms with E-state index in [4.69, 9.17) is 31.9 Å². The van der Waals surface area contributed by atoms with E-state index in [0.29, 0.717) is 51.0 Å². The predicted molar refractivity (Wildman–Crippen MR) is 88.2 cm³/mol. The monoisotopic (exact) mass is 396 g/mol. The zero-order valence-corrected chi connectivity index (χ0v) is 15.8. The summed E-state index contributed by atoms with van der Waals surface area (Å²) in [5.41, 5.74) is 0. The van der Waals surface area contributed by atoms with Crippen molar-refractivity contribution in [3.8, 4) is 0 Å². The Labute approximate surface area is 142 Å². The summed E-state index contributed by atoms with van der Waals surface area (Å²) in [5, 5.41) is 0. The first kappa shape index (κ1) is 20.6. The molecule has 132 valence electrons. The third-order valence-electron chi connectivity index (χ3n) is 3.08. The van der Waals surface area contributed by atoms with E-state index in [1.807, 2.05) is 0 Å². The highest BCUT2D eigenvalue weighted by molar-refractivity contribution is 7.85. The molecular formula is C11H23Cl2N2O5PS. The second kappa shape index (κ2) is 9.79. The lowest BCUT2D eigenvalue weighted by atomic mass is 10.4. The summed E-state index contributed by atoms with van der Waals surface area (Å²) in [6.45, 7) is 2.36. The van der Waals surface area contributed by atoms with E-state index in [2.05, 4.69) is 0 Å². The van der Waals surface area contributed by atoms with Crippen molar-refractivity contribution in [1.82, 2.24) is 9.34 Å². The van der Waals surface area contributed by atoms with Crippen molar-refractivity contribution in [3.63, 3.8) is 0 Å². The van der Waals surface area contributed by atoms with Crippen LogP contribution in [0.4, 0.5) is 0 Å². The fourth-order valence-corrected chi connectivity index (χ4v) is 5.76. The number of hydrogen-bond donors (Lipinski definition) is 0. The highest BCUT2D eigenvalue weighted by atomic mass is 35.5. The molecule has 22 heavy (non-hydrogen) atoms. The van der Waals surface area contributed by atoms with Crippen LogP contribution in [0, 0.1) is 0 Å². The lowest BCUT2D eigenvalue weighted by Crippen LogP contribution is -2.39. The van der Waals surface area contributed by atoms with Crippen LogP contribution < -0.4 is 0 Å². The second-order valence-corrected chi connectivity index (χ2v) is 9.61. The molecule has 0 radical (unpaired) electrons. The molecule has 0 aromatic carbocycles. The Hall–Kier alpha value is 0.600. The summed E-state index contributed by atoms with van der Waals surface area (Å²) in [4.78, 5) is 0. The van der Waals surface area contributed by atoms with Gasteiger partial charge in [-0.2, -0.15) is 8.42 Å². The molecule has 7 nitrogen and oxygen atoms in total. The minimum atomic E-state index is -3.45. The standard InChI is InChI=1S/C11H23Cl2N2O5PS/c1-22(17,18)20-11-3-7-14-6-2-10-19-21(14,16)15(8-4-12)9-5-13/h2-11H2,1H3. The average molecular weight is 397 g/mol. The first-order valence-corrected chi connectivity index (χ1v) is 11.5. The van der Waals surface area contributed by atoms with Gasteiger partial charge < -0.3 is 4.52 Å². The number of alkyl halides is 2. The normalized spacial score (nSPS) is 24.0. The van der Waals surface area contributed by atoms with Gasteiger partial charge in [0.1, 0.15) is 0 Å². The van der Waals surface area contributed by atoms with E-state index >= 15 is 0 Å². The SMILES string of the molecule is CS(=O)(=O)OCCCN1CCCOP1(=O)N(CCCl)CCCl. The Morgan fingerprint density at radius 3 is 2.50 bits per heavy atom. The maximum Gasteiger partial charge on any atom is 0.346 e. The molecule has 1 fully saturated rings. The molecule has 1 aliphatic rings. The van der Waals surface area contributed by atoms with Gasteiger partial charge in [0.2, 0.25) is 0 Å². The lowest BCUT2D eigenvalue weighted by Gasteiger charge is -2.40. The van der Waals surface area contributed by atoms with Gasteiger partial charge in [0.05, 0.1) is 19.5 Å². The van der Waals surface area contributed by atoms with E-state index in [0.717, 1.165) is 12.7 Å². The molecule has 1 rings (SSSR count). The highest BCUT2D eigenvalue weighted by Gasteiger charge is 2.40. The number of halogens is 2. The molecule has 11 heteroatoms. The Balaban J connectivity index is 2.66. The summed E-state index contributed by atoms with van der Waals surface area (Å²) < 4.78 is 48.8. The quantitative estimate of drug-likeness (QED) is 0.241. The van der Waals surface area contributed by atoms with E-state index in [1.54, 1.807) is 9.34 Å². The van der Waals surface area contributed by atoms with Gasteiger partial charge in [-0.3, -0.25) is 8.75 Å². The van der Waals surface area contributed by atoms with Gasteiger partial charge >= 0.3 is 7.67 Å². The Bertz CT molecular complexity index is 473. The molecule has 1 aliphatic heterocycles.